The summed E-state index contributed by atoms with van der Waals surface area (Å²) in [5.41, 5.74) is 0. The molecule has 16 heavy (non-hydrogen) atoms. The molecular formula is C6H10O8S2. The molecule has 0 aliphatic heterocycles. The first-order valence-electron chi connectivity index (χ1n) is 3.92. The molecule has 0 aromatic rings. The lowest BCUT2D eigenvalue weighted by atomic mass is 10.2. The topological polar surface area (TPSA) is 149 Å². The van der Waals surface area contributed by atoms with Crippen molar-refractivity contribution in [3.05, 3.63) is 0 Å². The molecule has 0 spiro atoms. The van der Waals surface area contributed by atoms with E-state index in [2.05, 4.69) is 0 Å². The van der Waals surface area contributed by atoms with Gasteiger partial charge in [0.05, 0.1) is 0 Å². The molecule has 0 saturated heterocycles. The van der Waals surface area contributed by atoms with Gasteiger partial charge in [-0.05, 0) is 12.8 Å². The summed E-state index contributed by atoms with van der Waals surface area (Å²) in [5.74, 6) is -3.12. The van der Waals surface area contributed by atoms with Crippen LogP contribution in [0.4, 0.5) is 0 Å². The van der Waals surface area contributed by atoms with Crippen molar-refractivity contribution in [1.82, 2.24) is 0 Å². The lowest BCUT2D eigenvalue weighted by molar-refractivity contribution is -0.138. The average molecular weight is 274 g/mol. The predicted octanol–water partition coefficient (Wildman–Crippen LogP) is -0.884. The Morgan fingerprint density at radius 2 is 1.12 bits per heavy atom. The summed E-state index contributed by atoms with van der Waals surface area (Å²) in [4.78, 5) is 20.9. The van der Waals surface area contributed by atoms with Crippen LogP contribution in [0.2, 0.25) is 0 Å². The van der Waals surface area contributed by atoms with Crippen molar-refractivity contribution in [1.29, 1.82) is 0 Å². The molecule has 0 aromatic heterocycles. The van der Waals surface area contributed by atoms with Gasteiger partial charge in [0, 0.05) is 0 Å². The van der Waals surface area contributed by atoms with Crippen molar-refractivity contribution in [2.24, 2.45) is 0 Å². The number of rotatable bonds is 7. The Balaban J connectivity index is 4.50. The van der Waals surface area contributed by atoms with E-state index in [4.69, 9.17) is 19.3 Å². The van der Waals surface area contributed by atoms with Crippen molar-refractivity contribution < 1.29 is 37.3 Å². The molecule has 0 bridgehead atoms. The maximum atomic E-state index is 10.5. The molecule has 0 amide bonds. The minimum absolute atomic E-state index is 0.471. The summed E-state index contributed by atoms with van der Waals surface area (Å²) in [5, 5.41) is 13.7. The first kappa shape index (κ1) is 15.2. The highest BCUT2D eigenvalue weighted by molar-refractivity contribution is 7.81. The van der Waals surface area contributed by atoms with Gasteiger partial charge < -0.3 is 19.3 Å². The van der Waals surface area contributed by atoms with Crippen LogP contribution < -0.4 is 0 Å². The van der Waals surface area contributed by atoms with Gasteiger partial charge in [0.25, 0.3) is 0 Å². The number of carbonyl (C=O) groups is 2. The molecule has 0 fully saturated rings. The third-order valence-corrected chi connectivity index (χ3v) is 3.58. The van der Waals surface area contributed by atoms with Gasteiger partial charge in [0.2, 0.25) is 0 Å². The van der Waals surface area contributed by atoms with Crippen LogP contribution >= 0.6 is 0 Å². The van der Waals surface area contributed by atoms with Gasteiger partial charge in [-0.1, -0.05) is 0 Å². The number of aliphatic carboxylic acids is 2. The molecule has 0 saturated carbocycles. The maximum absolute atomic E-state index is 10.5. The van der Waals surface area contributed by atoms with Gasteiger partial charge in [-0.15, -0.1) is 0 Å². The van der Waals surface area contributed by atoms with Crippen LogP contribution in [0.15, 0.2) is 0 Å². The van der Waals surface area contributed by atoms with Crippen LogP contribution in [-0.2, 0) is 31.7 Å². The van der Waals surface area contributed by atoms with Crippen LogP contribution in [0.5, 0.6) is 0 Å². The second kappa shape index (κ2) is 6.68. The summed E-state index contributed by atoms with van der Waals surface area (Å²) in [6, 6.07) is 0. The van der Waals surface area contributed by atoms with Gasteiger partial charge in [-0.2, -0.15) is 0 Å². The minimum Gasteiger partial charge on any atom is -0.480 e. The van der Waals surface area contributed by atoms with Gasteiger partial charge in [0.1, 0.15) is 0 Å². The molecule has 0 radical (unpaired) electrons. The highest BCUT2D eigenvalue weighted by Gasteiger charge is 2.29. The molecule has 4 unspecified atom stereocenters. The van der Waals surface area contributed by atoms with Crippen molar-refractivity contribution in [3.8, 4) is 0 Å². The monoisotopic (exact) mass is 274 g/mol. The average Bonchev–Trinajstić information content (AvgIpc) is 2.09. The van der Waals surface area contributed by atoms with E-state index in [1.165, 1.54) is 0 Å². The second-order valence-electron chi connectivity index (χ2n) is 2.78. The Morgan fingerprint density at radius 3 is 1.25 bits per heavy atom. The Hall–Kier alpha value is -0.840. The van der Waals surface area contributed by atoms with E-state index < -0.39 is 57.4 Å². The molecular weight excluding hydrogens is 264 g/mol. The van der Waals surface area contributed by atoms with Crippen molar-refractivity contribution in [2.45, 2.75) is 23.3 Å². The van der Waals surface area contributed by atoms with Gasteiger partial charge in [-0.3, -0.25) is 9.59 Å². The molecule has 8 nitrogen and oxygen atoms in total. The van der Waals surface area contributed by atoms with E-state index >= 15 is 0 Å². The lowest BCUT2D eigenvalue weighted by Crippen LogP contribution is -2.31. The largest absolute Gasteiger partial charge is 0.480 e. The van der Waals surface area contributed by atoms with Crippen LogP contribution in [0.3, 0.4) is 0 Å². The first-order valence-corrected chi connectivity index (χ1v) is 6.26. The molecule has 0 aliphatic carbocycles. The predicted molar refractivity (Wildman–Crippen MR) is 53.6 cm³/mol. The van der Waals surface area contributed by atoms with E-state index in [1.807, 2.05) is 0 Å². The standard InChI is InChI=1S/C6H10O8S2/c7-5(8)3(15(11)12)1-2-4(6(9)10)16(13)14/h3-4H,1-2H2,(H,7,8)(H,9,10)(H,11,12)(H,13,14). The van der Waals surface area contributed by atoms with Crippen molar-refractivity contribution in [3.63, 3.8) is 0 Å². The van der Waals surface area contributed by atoms with Gasteiger partial charge in [-0.25, -0.2) is 8.42 Å². The molecule has 0 aliphatic rings. The second-order valence-corrected chi connectivity index (χ2v) is 5.03. The molecule has 0 aromatic carbocycles. The molecule has 0 heterocycles. The molecule has 4 atom stereocenters. The fourth-order valence-electron chi connectivity index (χ4n) is 0.924. The number of hydrogen-bond acceptors (Lipinski definition) is 4. The normalized spacial score (nSPS) is 18.4. The SMILES string of the molecule is O=C(O)C(CCC(C(=O)O)S(=O)O)S(=O)O. The van der Waals surface area contributed by atoms with E-state index in [1.54, 1.807) is 0 Å². The zero-order valence-corrected chi connectivity index (χ0v) is 9.44. The maximum Gasteiger partial charge on any atom is 0.321 e. The Kier molecular flexibility index (Phi) is 6.33. The lowest BCUT2D eigenvalue weighted by Gasteiger charge is -2.10. The number of carboxylic acids is 2. The van der Waals surface area contributed by atoms with Crippen molar-refractivity contribution in [2.75, 3.05) is 0 Å². The Bertz CT molecular complexity index is 266. The summed E-state index contributed by atoms with van der Waals surface area (Å²) in [7, 11) is 0. The van der Waals surface area contributed by atoms with Gasteiger partial charge >= 0.3 is 11.9 Å². The highest BCUT2D eigenvalue weighted by Crippen LogP contribution is 2.11. The van der Waals surface area contributed by atoms with E-state index in [-0.39, 0.29) is 0 Å². The van der Waals surface area contributed by atoms with Crippen molar-refractivity contribution >= 4 is 34.1 Å². The molecule has 94 valence electrons. The molecule has 0 rings (SSSR count). The number of hydrogen-bond donors (Lipinski definition) is 4. The summed E-state index contributed by atoms with van der Waals surface area (Å²) in [6.45, 7) is 0. The van der Waals surface area contributed by atoms with E-state index in [0.717, 1.165) is 0 Å². The quantitative estimate of drug-likeness (QED) is 0.437. The zero-order chi connectivity index (χ0) is 12.9. The van der Waals surface area contributed by atoms with E-state index in [9.17, 15) is 18.0 Å². The Morgan fingerprint density at radius 1 is 0.875 bits per heavy atom. The van der Waals surface area contributed by atoms with Crippen LogP contribution in [0.25, 0.3) is 0 Å². The third kappa shape index (κ3) is 4.79. The van der Waals surface area contributed by atoms with Crippen LogP contribution in [-0.4, -0.2) is 50.2 Å². The third-order valence-electron chi connectivity index (χ3n) is 1.73. The Labute approximate surface area is 95.2 Å². The fraction of sp³-hybridized carbons (Fsp3) is 0.667. The van der Waals surface area contributed by atoms with Gasteiger partial charge in [0.15, 0.2) is 32.7 Å². The highest BCUT2D eigenvalue weighted by atomic mass is 32.2. The van der Waals surface area contributed by atoms with E-state index in [0.29, 0.717) is 0 Å². The fourth-order valence-corrected chi connectivity index (χ4v) is 1.94. The summed E-state index contributed by atoms with van der Waals surface area (Å²) < 4.78 is 38.2. The summed E-state index contributed by atoms with van der Waals surface area (Å²) in [6.07, 6.45) is -0.941. The summed E-state index contributed by atoms with van der Waals surface area (Å²) >= 11 is -5.30. The minimum atomic E-state index is -2.65. The molecule has 4 N–H and O–H groups in total. The first-order chi connectivity index (χ1) is 7.27. The smallest absolute Gasteiger partial charge is 0.321 e. The zero-order valence-electron chi connectivity index (χ0n) is 7.81. The number of carboxylic acid groups (broad SMARTS) is 2. The van der Waals surface area contributed by atoms with Crippen LogP contribution in [0, 0.1) is 0 Å². The molecule has 10 heteroatoms. The van der Waals surface area contributed by atoms with Crippen LogP contribution in [0.1, 0.15) is 12.8 Å².